The van der Waals surface area contributed by atoms with Crippen LogP contribution in [0.2, 0.25) is 0 Å². The molecule has 3 rings (SSSR count). The molecule has 6 heteroatoms. The highest BCUT2D eigenvalue weighted by Gasteiger charge is 2.58. The van der Waals surface area contributed by atoms with Crippen molar-refractivity contribution in [3.05, 3.63) is 29.6 Å². The fraction of sp³-hybridized carbons (Fsp3) is 0.556. The van der Waals surface area contributed by atoms with Crippen LogP contribution in [0.5, 0.6) is 0 Å². The second kappa shape index (κ2) is 6.42. The molecule has 0 unspecified atom stereocenters. The SMILES string of the molecule is COC(=O)C1(C(=O)N[C@H]2CCCN(c3cc(C)ccc3F)C2)CC1. The lowest BCUT2D eigenvalue weighted by Crippen LogP contribution is -2.51. The second-order valence-corrected chi connectivity index (χ2v) is 6.79. The lowest BCUT2D eigenvalue weighted by atomic mass is 10.0. The molecule has 1 N–H and O–H groups in total. The summed E-state index contributed by atoms with van der Waals surface area (Å²) in [5, 5.41) is 2.97. The van der Waals surface area contributed by atoms with Crippen LogP contribution < -0.4 is 10.2 Å². The van der Waals surface area contributed by atoms with Crippen LogP contribution in [0.25, 0.3) is 0 Å². The fourth-order valence-electron chi connectivity index (χ4n) is 3.35. The standard InChI is InChI=1S/C18H23FN2O3/c1-12-5-6-14(19)15(10-12)21-9-3-4-13(11-21)20-16(22)18(7-8-18)17(23)24-2/h5-6,10,13H,3-4,7-9,11H2,1-2H3,(H,20,22)/t13-/m0/s1. The molecule has 1 aliphatic heterocycles. The van der Waals surface area contributed by atoms with Crippen molar-refractivity contribution >= 4 is 17.6 Å². The Bertz CT molecular complexity index is 658. The molecular weight excluding hydrogens is 311 g/mol. The third kappa shape index (κ3) is 3.09. The molecule has 2 aliphatic rings. The lowest BCUT2D eigenvalue weighted by molar-refractivity contribution is -0.152. The third-order valence-corrected chi connectivity index (χ3v) is 4.96. The number of carbonyl (C=O) groups excluding carboxylic acids is 2. The number of hydrogen-bond donors (Lipinski definition) is 1. The highest BCUT2D eigenvalue weighted by atomic mass is 19.1. The number of nitrogens with one attached hydrogen (secondary N) is 1. The van der Waals surface area contributed by atoms with Crippen molar-refractivity contribution in [2.24, 2.45) is 5.41 Å². The molecule has 1 saturated heterocycles. The van der Waals surface area contributed by atoms with Gasteiger partial charge in [0.2, 0.25) is 5.91 Å². The first-order chi connectivity index (χ1) is 11.5. The van der Waals surface area contributed by atoms with E-state index in [9.17, 15) is 14.0 Å². The monoisotopic (exact) mass is 334 g/mol. The number of hydrogen-bond acceptors (Lipinski definition) is 4. The quantitative estimate of drug-likeness (QED) is 0.677. The summed E-state index contributed by atoms with van der Waals surface area (Å²) in [6.07, 6.45) is 2.76. The zero-order chi connectivity index (χ0) is 17.3. The van der Waals surface area contributed by atoms with Gasteiger partial charge in [0, 0.05) is 19.1 Å². The molecule has 130 valence electrons. The molecule has 1 aromatic carbocycles. The highest BCUT2D eigenvalue weighted by molar-refractivity contribution is 6.05. The van der Waals surface area contributed by atoms with E-state index < -0.39 is 11.4 Å². The molecule has 24 heavy (non-hydrogen) atoms. The minimum atomic E-state index is -0.994. The number of anilines is 1. The van der Waals surface area contributed by atoms with Crippen molar-refractivity contribution in [3.63, 3.8) is 0 Å². The second-order valence-electron chi connectivity index (χ2n) is 6.79. The number of rotatable bonds is 4. The number of carbonyl (C=O) groups is 2. The van der Waals surface area contributed by atoms with Gasteiger partial charge < -0.3 is 15.0 Å². The number of ether oxygens (including phenoxy) is 1. The maximum Gasteiger partial charge on any atom is 0.321 e. The topological polar surface area (TPSA) is 58.6 Å². The summed E-state index contributed by atoms with van der Waals surface area (Å²) in [6, 6.07) is 4.96. The number of halogens is 1. The molecule has 1 aliphatic carbocycles. The first kappa shape index (κ1) is 16.7. The molecule has 1 atom stereocenters. The van der Waals surface area contributed by atoms with Gasteiger partial charge in [-0.05, 0) is 50.3 Å². The number of piperidine rings is 1. The van der Waals surface area contributed by atoms with Gasteiger partial charge >= 0.3 is 5.97 Å². The Kier molecular flexibility index (Phi) is 4.47. The van der Waals surface area contributed by atoms with Crippen molar-refractivity contribution in [2.75, 3.05) is 25.1 Å². The zero-order valence-electron chi connectivity index (χ0n) is 14.1. The van der Waals surface area contributed by atoms with Crippen molar-refractivity contribution < 1.29 is 18.7 Å². The van der Waals surface area contributed by atoms with E-state index in [-0.39, 0.29) is 17.8 Å². The summed E-state index contributed by atoms with van der Waals surface area (Å²) in [5.41, 5.74) is 0.578. The van der Waals surface area contributed by atoms with E-state index in [1.165, 1.54) is 13.2 Å². The van der Waals surface area contributed by atoms with Crippen LogP contribution in [-0.2, 0) is 14.3 Å². The van der Waals surface area contributed by atoms with E-state index in [0.29, 0.717) is 25.1 Å². The van der Waals surface area contributed by atoms with Crippen molar-refractivity contribution in [3.8, 4) is 0 Å². The Morgan fingerprint density at radius 1 is 1.38 bits per heavy atom. The molecule has 0 spiro atoms. The Morgan fingerprint density at radius 3 is 2.79 bits per heavy atom. The number of methoxy groups -OCH3 is 1. The number of aryl methyl sites for hydroxylation is 1. The largest absolute Gasteiger partial charge is 0.468 e. The molecular formula is C18H23FN2O3. The smallest absolute Gasteiger partial charge is 0.321 e. The molecule has 1 saturated carbocycles. The first-order valence-corrected chi connectivity index (χ1v) is 8.37. The van der Waals surface area contributed by atoms with Gasteiger partial charge in [0.1, 0.15) is 11.2 Å². The Labute approximate surface area is 141 Å². The molecule has 1 aromatic rings. The average Bonchev–Trinajstić information content (AvgIpc) is 3.38. The molecule has 1 amide bonds. The Morgan fingerprint density at radius 2 is 2.12 bits per heavy atom. The van der Waals surface area contributed by atoms with Gasteiger partial charge in [0.15, 0.2) is 0 Å². The molecule has 0 aromatic heterocycles. The van der Waals surface area contributed by atoms with E-state index in [2.05, 4.69) is 5.32 Å². The van der Waals surface area contributed by atoms with E-state index in [1.807, 2.05) is 17.9 Å². The van der Waals surface area contributed by atoms with Gasteiger partial charge in [-0.1, -0.05) is 6.07 Å². The lowest BCUT2D eigenvalue weighted by Gasteiger charge is -2.35. The highest BCUT2D eigenvalue weighted by Crippen LogP contribution is 2.47. The van der Waals surface area contributed by atoms with Crippen LogP contribution in [0.15, 0.2) is 18.2 Å². The first-order valence-electron chi connectivity index (χ1n) is 8.37. The third-order valence-electron chi connectivity index (χ3n) is 4.96. The molecule has 5 nitrogen and oxygen atoms in total. The van der Waals surface area contributed by atoms with Gasteiger partial charge in [-0.25, -0.2) is 4.39 Å². The summed E-state index contributed by atoms with van der Waals surface area (Å²) in [6.45, 7) is 3.23. The summed E-state index contributed by atoms with van der Waals surface area (Å²) < 4.78 is 18.9. The molecule has 2 fully saturated rings. The maximum atomic E-state index is 14.1. The minimum Gasteiger partial charge on any atom is -0.468 e. The van der Waals surface area contributed by atoms with E-state index in [1.54, 1.807) is 6.07 Å². The van der Waals surface area contributed by atoms with Crippen molar-refractivity contribution in [1.82, 2.24) is 5.32 Å². The van der Waals surface area contributed by atoms with Gasteiger partial charge in [0.05, 0.1) is 12.8 Å². The normalized spacial score (nSPS) is 22.0. The number of amides is 1. The van der Waals surface area contributed by atoms with E-state index in [0.717, 1.165) is 24.9 Å². The summed E-state index contributed by atoms with van der Waals surface area (Å²) in [5.74, 6) is -0.968. The number of benzene rings is 1. The molecule has 0 radical (unpaired) electrons. The fourth-order valence-corrected chi connectivity index (χ4v) is 3.35. The van der Waals surface area contributed by atoms with Gasteiger partial charge in [0.25, 0.3) is 0 Å². The summed E-state index contributed by atoms with van der Waals surface area (Å²) >= 11 is 0. The Balaban J connectivity index is 1.67. The van der Waals surface area contributed by atoms with E-state index in [4.69, 9.17) is 4.74 Å². The van der Waals surface area contributed by atoms with Crippen LogP contribution in [0.4, 0.5) is 10.1 Å². The minimum absolute atomic E-state index is 0.0895. The van der Waals surface area contributed by atoms with Crippen LogP contribution >= 0.6 is 0 Å². The average molecular weight is 334 g/mol. The van der Waals surface area contributed by atoms with Gasteiger partial charge in [-0.3, -0.25) is 9.59 Å². The van der Waals surface area contributed by atoms with Crippen LogP contribution in [0.1, 0.15) is 31.2 Å². The van der Waals surface area contributed by atoms with Gasteiger partial charge in [-0.2, -0.15) is 0 Å². The van der Waals surface area contributed by atoms with Crippen molar-refractivity contribution in [2.45, 2.75) is 38.6 Å². The molecule has 0 bridgehead atoms. The predicted molar refractivity (Wildman–Crippen MR) is 88.2 cm³/mol. The Hall–Kier alpha value is -2.11. The van der Waals surface area contributed by atoms with Crippen molar-refractivity contribution in [1.29, 1.82) is 0 Å². The van der Waals surface area contributed by atoms with E-state index >= 15 is 0 Å². The summed E-state index contributed by atoms with van der Waals surface area (Å²) in [7, 11) is 1.30. The number of esters is 1. The van der Waals surface area contributed by atoms with Crippen LogP contribution in [0.3, 0.4) is 0 Å². The molecule has 1 heterocycles. The zero-order valence-corrected chi connectivity index (χ0v) is 14.1. The summed E-state index contributed by atoms with van der Waals surface area (Å²) in [4.78, 5) is 26.2. The number of nitrogens with zero attached hydrogens (tertiary/aromatic N) is 1. The van der Waals surface area contributed by atoms with Crippen LogP contribution in [-0.4, -0.2) is 38.1 Å². The van der Waals surface area contributed by atoms with Gasteiger partial charge in [-0.15, -0.1) is 0 Å². The predicted octanol–water partition coefficient (Wildman–Crippen LogP) is 2.17. The van der Waals surface area contributed by atoms with Crippen LogP contribution in [0, 0.1) is 18.2 Å². The maximum absolute atomic E-state index is 14.1.